The summed E-state index contributed by atoms with van der Waals surface area (Å²) in [6, 6.07) is 7.96. The molecule has 2 aromatic heterocycles. The van der Waals surface area contributed by atoms with Crippen LogP contribution in [0.4, 0.5) is 5.95 Å². The summed E-state index contributed by atoms with van der Waals surface area (Å²) in [7, 11) is 3.02. The third-order valence-corrected chi connectivity index (χ3v) is 3.94. The molecule has 0 saturated heterocycles. The Bertz CT molecular complexity index is 994. The van der Waals surface area contributed by atoms with Crippen LogP contribution in [-0.4, -0.2) is 18.7 Å². The van der Waals surface area contributed by atoms with Crippen molar-refractivity contribution in [3.05, 3.63) is 56.2 Å². The minimum Gasteiger partial charge on any atom is -0.299 e. The predicted molar refractivity (Wildman–Crippen MR) is 88.3 cm³/mol. The number of anilines is 1. The van der Waals surface area contributed by atoms with Crippen LogP contribution in [0.1, 0.15) is 11.1 Å². The third kappa shape index (κ3) is 2.33. The average Bonchev–Trinajstić information content (AvgIpc) is 2.91. The summed E-state index contributed by atoms with van der Waals surface area (Å²) in [4.78, 5) is 28.8. The van der Waals surface area contributed by atoms with Gasteiger partial charge in [-0.2, -0.15) is 4.98 Å². The molecule has 3 rings (SSSR count). The lowest BCUT2D eigenvalue weighted by atomic mass is 10.1. The van der Waals surface area contributed by atoms with Crippen LogP contribution in [0.3, 0.4) is 0 Å². The third-order valence-electron chi connectivity index (χ3n) is 3.94. The summed E-state index contributed by atoms with van der Waals surface area (Å²) < 4.78 is 4.08. The van der Waals surface area contributed by atoms with Gasteiger partial charge in [-0.25, -0.2) is 10.6 Å². The van der Waals surface area contributed by atoms with Crippen LogP contribution in [0.25, 0.3) is 11.2 Å². The Kier molecular flexibility index (Phi) is 3.53. The number of aryl methyl sites for hydroxylation is 2. The van der Waals surface area contributed by atoms with Crippen LogP contribution >= 0.6 is 0 Å². The number of rotatable bonds is 3. The average molecular weight is 314 g/mol. The molecule has 1 aromatic carbocycles. The fourth-order valence-corrected chi connectivity index (χ4v) is 2.59. The molecule has 0 amide bonds. The molecule has 0 bridgehead atoms. The van der Waals surface area contributed by atoms with E-state index in [1.54, 1.807) is 11.6 Å². The van der Waals surface area contributed by atoms with E-state index >= 15 is 0 Å². The van der Waals surface area contributed by atoms with Gasteiger partial charge in [0.25, 0.3) is 5.56 Å². The monoisotopic (exact) mass is 314 g/mol. The normalized spacial score (nSPS) is 11.1. The topological polar surface area (TPSA) is 99.9 Å². The summed E-state index contributed by atoms with van der Waals surface area (Å²) in [5.41, 5.74) is 4.47. The molecule has 2 heterocycles. The van der Waals surface area contributed by atoms with Crippen LogP contribution < -0.4 is 22.5 Å². The first-order valence-electron chi connectivity index (χ1n) is 7.12. The molecular formula is C15H18N6O2. The molecule has 0 saturated carbocycles. The molecule has 3 N–H and O–H groups in total. The molecule has 0 aliphatic rings. The van der Waals surface area contributed by atoms with Crippen LogP contribution in [0.15, 0.2) is 33.9 Å². The second-order valence-corrected chi connectivity index (χ2v) is 5.53. The molecule has 0 fully saturated rings. The number of fused-ring (bicyclic) bond motifs is 1. The zero-order valence-corrected chi connectivity index (χ0v) is 13.2. The first kappa shape index (κ1) is 15.0. The second-order valence-electron chi connectivity index (χ2n) is 5.53. The fourth-order valence-electron chi connectivity index (χ4n) is 2.59. The highest BCUT2D eigenvalue weighted by atomic mass is 16.2. The van der Waals surface area contributed by atoms with Crippen molar-refractivity contribution in [2.24, 2.45) is 19.9 Å². The Morgan fingerprint density at radius 2 is 1.78 bits per heavy atom. The summed E-state index contributed by atoms with van der Waals surface area (Å²) in [5.74, 6) is 5.87. The quantitative estimate of drug-likeness (QED) is 0.527. The summed E-state index contributed by atoms with van der Waals surface area (Å²) in [6.07, 6.45) is 0. The molecule has 0 atom stereocenters. The minimum absolute atomic E-state index is 0.304. The van der Waals surface area contributed by atoms with Gasteiger partial charge in [-0.1, -0.05) is 29.8 Å². The molecule has 0 unspecified atom stereocenters. The van der Waals surface area contributed by atoms with Crippen LogP contribution in [0, 0.1) is 6.92 Å². The molecule has 3 aromatic rings. The second kappa shape index (κ2) is 5.40. The predicted octanol–water partition coefficient (Wildman–Crippen LogP) is 0.0760. The standard InChI is InChI=1S/C15H18N6O2/c1-9-4-6-10(7-5-9)8-21-11-12(17-14(21)18-16)19(2)15(23)20(3)13(11)22/h4-7H,8,16H2,1-3H3,(H,17,18). The van der Waals surface area contributed by atoms with Gasteiger partial charge in [-0.05, 0) is 12.5 Å². The lowest BCUT2D eigenvalue weighted by Crippen LogP contribution is -2.37. The number of hydrazine groups is 1. The number of nitrogens with two attached hydrogens (primary N) is 1. The first-order chi connectivity index (χ1) is 10.9. The molecule has 0 radical (unpaired) electrons. The molecule has 23 heavy (non-hydrogen) atoms. The number of aromatic nitrogens is 4. The Morgan fingerprint density at radius 1 is 1.13 bits per heavy atom. The van der Waals surface area contributed by atoms with Gasteiger partial charge >= 0.3 is 5.69 Å². The van der Waals surface area contributed by atoms with E-state index in [2.05, 4.69) is 10.4 Å². The Labute approximate surface area is 131 Å². The number of nitrogens with zero attached hydrogens (tertiary/aromatic N) is 4. The van der Waals surface area contributed by atoms with E-state index in [9.17, 15) is 9.59 Å². The number of nitrogen functional groups attached to an aromatic ring is 1. The van der Waals surface area contributed by atoms with Crippen molar-refractivity contribution in [3.8, 4) is 0 Å². The van der Waals surface area contributed by atoms with Crippen LogP contribution in [0.5, 0.6) is 0 Å². The van der Waals surface area contributed by atoms with Gasteiger partial charge < -0.3 is 0 Å². The van der Waals surface area contributed by atoms with Crippen LogP contribution in [-0.2, 0) is 20.6 Å². The highest BCUT2D eigenvalue weighted by molar-refractivity contribution is 5.74. The molecule has 8 heteroatoms. The fraction of sp³-hybridized carbons (Fsp3) is 0.267. The van der Waals surface area contributed by atoms with Gasteiger partial charge in [0, 0.05) is 14.1 Å². The Balaban J connectivity index is 2.29. The van der Waals surface area contributed by atoms with E-state index in [0.29, 0.717) is 23.7 Å². The Hall–Kier alpha value is -2.87. The number of benzene rings is 1. The lowest BCUT2D eigenvalue weighted by Gasteiger charge is -2.09. The minimum atomic E-state index is -0.425. The van der Waals surface area contributed by atoms with Gasteiger partial charge in [-0.15, -0.1) is 0 Å². The molecule has 0 aliphatic carbocycles. The summed E-state index contributed by atoms with van der Waals surface area (Å²) >= 11 is 0. The van der Waals surface area contributed by atoms with E-state index in [0.717, 1.165) is 15.7 Å². The summed E-state index contributed by atoms with van der Waals surface area (Å²) in [6.45, 7) is 2.43. The number of hydrogen-bond donors (Lipinski definition) is 2. The molecule has 120 valence electrons. The van der Waals surface area contributed by atoms with Crippen molar-refractivity contribution < 1.29 is 0 Å². The largest absolute Gasteiger partial charge is 0.332 e. The maximum Gasteiger partial charge on any atom is 0.332 e. The molecule has 8 nitrogen and oxygen atoms in total. The van der Waals surface area contributed by atoms with Crippen LogP contribution in [0.2, 0.25) is 0 Å². The first-order valence-corrected chi connectivity index (χ1v) is 7.12. The van der Waals surface area contributed by atoms with E-state index in [1.165, 1.54) is 11.6 Å². The highest BCUT2D eigenvalue weighted by Gasteiger charge is 2.18. The van der Waals surface area contributed by atoms with Crippen molar-refractivity contribution in [2.45, 2.75) is 13.5 Å². The maximum absolute atomic E-state index is 12.5. The van der Waals surface area contributed by atoms with E-state index in [1.807, 2.05) is 31.2 Å². The number of hydrogen-bond acceptors (Lipinski definition) is 5. The van der Waals surface area contributed by atoms with Crippen molar-refractivity contribution in [2.75, 3.05) is 5.43 Å². The molecule has 0 aliphatic heterocycles. The highest BCUT2D eigenvalue weighted by Crippen LogP contribution is 2.17. The van der Waals surface area contributed by atoms with Crippen molar-refractivity contribution >= 4 is 17.1 Å². The summed E-state index contributed by atoms with van der Waals surface area (Å²) in [5, 5.41) is 0. The van der Waals surface area contributed by atoms with Gasteiger partial charge in [0.1, 0.15) is 0 Å². The maximum atomic E-state index is 12.5. The zero-order valence-electron chi connectivity index (χ0n) is 13.2. The molecule has 0 spiro atoms. The van der Waals surface area contributed by atoms with Gasteiger partial charge in [-0.3, -0.25) is 23.9 Å². The van der Waals surface area contributed by atoms with Crippen molar-refractivity contribution in [1.29, 1.82) is 0 Å². The van der Waals surface area contributed by atoms with Gasteiger partial charge in [0.15, 0.2) is 11.2 Å². The Morgan fingerprint density at radius 3 is 2.39 bits per heavy atom. The number of imidazole rings is 1. The number of nitrogens with one attached hydrogen (secondary N) is 1. The van der Waals surface area contributed by atoms with E-state index < -0.39 is 11.2 Å². The van der Waals surface area contributed by atoms with E-state index in [4.69, 9.17) is 5.84 Å². The zero-order chi connectivity index (χ0) is 16.7. The lowest BCUT2D eigenvalue weighted by molar-refractivity contribution is 0.702. The smallest absolute Gasteiger partial charge is 0.299 e. The molecular weight excluding hydrogens is 296 g/mol. The van der Waals surface area contributed by atoms with Gasteiger partial charge in [0.2, 0.25) is 5.95 Å². The van der Waals surface area contributed by atoms with Crippen molar-refractivity contribution in [1.82, 2.24) is 18.7 Å². The van der Waals surface area contributed by atoms with Crippen molar-refractivity contribution in [3.63, 3.8) is 0 Å². The van der Waals surface area contributed by atoms with Gasteiger partial charge in [0.05, 0.1) is 6.54 Å². The van der Waals surface area contributed by atoms with E-state index in [-0.39, 0.29) is 0 Å². The SMILES string of the molecule is Cc1ccc(Cn2c(NN)nc3c2c(=O)n(C)c(=O)n3C)cc1.